The van der Waals surface area contributed by atoms with Gasteiger partial charge >= 0.3 is 5.97 Å². The van der Waals surface area contributed by atoms with Crippen LogP contribution in [0.3, 0.4) is 0 Å². The van der Waals surface area contributed by atoms with E-state index in [1.165, 1.54) is 5.56 Å². The molecule has 0 saturated carbocycles. The third-order valence-electron chi connectivity index (χ3n) is 3.91. The van der Waals surface area contributed by atoms with E-state index in [2.05, 4.69) is 5.32 Å². The van der Waals surface area contributed by atoms with Gasteiger partial charge in [0.05, 0.1) is 12.3 Å². The molecule has 1 aromatic rings. The monoisotopic (exact) mass is 275 g/mol. The van der Waals surface area contributed by atoms with Crippen molar-refractivity contribution in [1.29, 1.82) is 0 Å². The first-order valence-electron chi connectivity index (χ1n) is 6.89. The molecule has 108 valence electrons. The first kappa shape index (κ1) is 14.6. The molecule has 1 aromatic carbocycles. The number of carbonyl (C=O) groups is 2. The summed E-state index contributed by atoms with van der Waals surface area (Å²) in [5.41, 5.74) is 1.99. The molecule has 4 heteroatoms. The third-order valence-corrected chi connectivity index (χ3v) is 3.91. The van der Waals surface area contributed by atoms with E-state index < -0.39 is 5.97 Å². The molecule has 20 heavy (non-hydrogen) atoms. The van der Waals surface area contributed by atoms with Crippen LogP contribution in [0.25, 0.3) is 0 Å². The molecule has 4 nitrogen and oxygen atoms in total. The second-order valence-electron chi connectivity index (χ2n) is 6.48. The highest BCUT2D eigenvalue weighted by molar-refractivity contribution is 5.87. The molecule has 0 saturated heterocycles. The highest BCUT2D eigenvalue weighted by Crippen LogP contribution is 2.35. The van der Waals surface area contributed by atoms with E-state index in [9.17, 15) is 9.59 Å². The highest BCUT2D eigenvalue weighted by atomic mass is 16.4. The number of fused-ring (bicyclic) bond motifs is 1. The van der Waals surface area contributed by atoms with Gasteiger partial charge in [-0.05, 0) is 23.0 Å². The zero-order chi connectivity index (χ0) is 14.9. The van der Waals surface area contributed by atoms with Crippen molar-refractivity contribution in [3.8, 4) is 0 Å². The van der Waals surface area contributed by atoms with Gasteiger partial charge < -0.3 is 10.4 Å². The first-order chi connectivity index (χ1) is 9.29. The molecule has 1 aliphatic carbocycles. The van der Waals surface area contributed by atoms with Crippen LogP contribution in [0, 0.1) is 5.41 Å². The summed E-state index contributed by atoms with van der Waals surface area (Å²) in [4.78, 5) is 23.3. The van der Waals surface area contributed by atoms with Gasteiger partial charge in [0.15, 0.2) is 0 Å². The standard InChI is InChI=1S/C16H21NO3/c1-16(2,3)13(9-14(18)19)17-15(20)12-8-10-6-4-5-7-11(10)12/h4-7,12-13H,8-9H2,1-3H3,(H,17,20)(H,18,19). The number of aliphatic carboxylic acids is 1. The van der Waals surface area contributed by atoms with Crippen LogP contribution in [0.4, 0.5) is 0 Å². The number of rotatable bonds is 4. The van der Waals surface area contributed by atoms with Crippen LogP contribution < -0.4 is 5.32 Å². The van der Waals surface area contributed by atoms with E-state index in [-0.39, 0.29) is 29.7 Å². The topological polar surface area (TPSA) is 66.4 Å². The van der Waals surface area contributed by atoms with E-state index in [0.29, 0.717) is 0 Å². The van der Waals surface area contributed by atoms with Crippen molar-refractivity contribution in [2.24, 2.45) is 5.41 Å². The Morgan fingerprint density at radius 1 is 1.35 bits per heavy atom. The summed E-state index contributed by atoms with van der Waals surface area (Å²) in [7, 11) is 0. The number of carbonyl (C=O) groups excluding carboxylic acids is 1. The number of benzene rings is 1. The van der Waals surface area contributed by atoms with Crippen LogP contribution in [0.2, 0.25) is 0 Å². The molecule has 0 radical (unpaired) electrons. The lowest BCUT2D eigenvalue weighted by Crippen LogP contribution is -2.48. The van der Waals surface area contributed by atoms with Gasteiger partial charge in [0, 0.05) is 6.04 Å². The van der Waals surface area contributed by atoms with E-state index in [1.807, 2.05) is 45.0 Å². The van der Waals surface area contributed by atoms with E-state index in [4.69, 9.17) is 5.11 Å². The molecule has 1 amide bonds. The van der Waals surface area contributed by atoms with Crippen LogP contribution >= 0.6 is 0 Å². The quantitative estimate of drug-likeness (QED) is 0.886. The highest BCUT2D eigenvalue weighted by Gasteiger charge is 2.35. The molecular weight excluding hydrogens is 254 g/mol. The summed E-state index contributed by atoms with van der Waals surface area (Å²) >= 11 is 0. The van der Waals surface area contributed by atoms with Crippen molar-refractivity contribution in [1.82, 2.24) is 5.32 Å². The lowest BCUT2D eigenvalue weighted by molar-refractivity contribution is -0.138. The molecule has 2 unspecified atom stereocenters. The van der Waals surface area contributed by atoms with Crippen molar-refractivity contribution < 1.29 is 14.7 Å². The summed E-state index contributed by atoms with van der Waals surface area (Å²) in [5.74, 6) is -1.09. The predicted octanol–water partition coefficient (Wildman–Crippen LogP) is 2.33. The summed E-state index contributed by atoms with van der Waals surface area (Å²) in [6, 6.07) is 7.52. The fourth-order valence-corrected chi connectivity index (χ4v) is 2.51. The average Bonchev–Trinajstić information content (AvgIpc) is 2.28. The molecule has 0 aromatic heterocycles. The molecule has 2 rings (SSSR count). The van der Waals surface area contributed by atoms with Gasteiger partial charge in [0.1, 0.15) is 0 Å². The Bertz CT molecular complexity index is 531. The van der Waals surface area contributed by atoms with Crippen LogP contribution in [0.15, 0.2) is 24.3 Å². The summed E-state index contributed by atoms with van der Waals surface area (Å²) in [6.45, 7) is 5.82. The van der Waals surface area contributed by atoms with Crippen LogP contribution in [-0.4, -0.2) is 23.0 Å². The average molecular weight is 275 g/mol. The third kappa shape index (κ3) is 3.00. The number of hydrogen-bond donors (Lipinski definition) is 2. The Kier molecular flexibility index (Phi) is 3.84. The van der Waals surface area contributed by atoms with Gasteiger partial charge in [0.25, 0.3) is 0 Å². The molecule has 0 aliphatic heterocycles. The summed E-state index contributed by atoms with van der Waals surface area (Å²) in [5, 5.41) is 11.9. The van der Waals surface area contributed by atoms with Gasteiger partial charge in [-0.15, -0.1) is 0 Å². The van der Waals surface area contributed by atoms with Crippen molar-refractivity contribution in [2.75, 3.05) is 0 Å². The van der Waals surface area contributed by atoms with Gasteiger partial charge in [0.2, 0.25) is 5.91 Å². The van der Waals surface area contributed by atoms with Crippen molar-refractivity contribution >= 4 is 11.9 Å². The molecule has 2 atom stereocenters. The maximum atomic E-state index is 12.3. The van der Waals surface area contributed by atoms with Gasteiger partial charge in [-0.25, -0.2) is 0 Å². The second kappa shape index (κ2) is 5.27. The Morgan fingerprint density at radius 2 is 2.00 bits per heavy atom. The lowest BCUT2D eigenvalue weighted by atomic mass is 9.76. The summed E-state index contributed by atoms with van der Waals surface area (Å²) in [6.07, 6.45) is 0.690. The number of carboxylic acids is 1. The fraction of sp³-hybridized carbons (Fsp3) is 0.500. The molecular formula is C16H21NO3. The molecule has 1 aliphatic rings. The van der Waals surface area contributed by atoms with Gasteiger partial charge in [-0.2, -0.15) is 0 Å². The van der Waals surface area contributed by atoms with E-state index in [1.54, 1.807) is 0 Å². The lowest BCUT2D eigenvalue weighted by Gasteiger charge is -2.35. The molecule has 0 heterocycles. The van der Waals surface area contributed by atoms with Gasteiger partial charge in [-0.3, -0.25) is 9.59 Å². The normalized spacial score (nSPS) is 18.6. The first-order valence-corrected chi connectivity index (χ1v) is 6.89. The van der Waals surface area contributed by atoms with Crippen LogP contribution in [0.5, 0.6) is 0 Å². The molecule has 0 fully saturated rings. The Hall–Kier alpha value is -1.84. The summed E-state index contributed by atoms with van der Waals surface area (Å²) < 4.78 is 0. The zero-order valence-electron chi connectivity index (χ0n) is 12.1. The number of hydrogen-bond acceptors (Lipinski definition) is 2. The predicted molar refractivity (Wildman–Crippen MR) is 76.5 cm³/mol. The Morgan fingerprint density at radius 3 is 2.55 bits per heavy atom. The zero-order valence-corrected chi connectivity index (χ0v) is 12.1. The van der Waals surface area contributed by atoms with Gasteiger partial charge in [-0.1, -0.05) is 45.0 Å². The molecule has 0 spiro atoms. The van der Waals surface area contributed by atoms with Crippen molar-refractivity contribution in [2.45, 2.75) is 45.6 Å². The fourth-order valence-electron chi connectivity index (χ4n) is 2.51. The van der Waals surface area contributed by atoms with E-state index >= 15 is 0 Å². The number of amides is 1. The van der Waals surface area contributed by atoms with Crippen LogP contribution in [-0.2, 0) is 16.0 Å². The molecule has 0 bridgehead atoms. The number of carboxylic acid groups (broad SMARTS) is 1. The molecule has 2 N–H and O–H groups in total. The minimum atomic E-state index is -0.890. The van der Waals surface area contributed by atoms with Crippen molar-refractivity contribution in [3.05, 3.63) is 35.4 Å². The largest absolute Gasteiger partial charge is 0.481 e. The maximum absolute atomic E-state index is 12.3. The maximum Gasteiger partial charge on any atom is 0.305 e. The second-order valence-corrected chi connectivity index (χ2v) is 6.48. The minimum absolute atomic E-state index is 0.0520. The van der Waals surface area contributed by atoms with Crippen LogP contribution in [0.1, 0.15) is 44.2 Å². The number of nitrogens with one attached hydrogen (secondary N) is 1. The minimum Gasteiger partial charge on any atom is -0.481 e. The Labute approximate surface area is 119 Å². The van der Waals surface area contributed by atoms with Crippen molar-refractivity contribution in [3.63, 3.8) is 0 Å². The SMILES string of the molecule is CC(C)(C)C(CC(=O)O)NC(=O)C1Cc2ccccc21. The smallest absolute Gasteiger partial charge is 0.305 e. The Balaban J connectivity index is 2.05. The van der Waals surface area contributed by atoms with E-state index in [0.717, 1.165) is 12.0 Å².